The molecule has 0 spiro atoms. The molecule has 3 nitrogen and oxygen atoms in total. The van der Waals surface area contributed by atoms with E-state index < -0.39 is 0 Å². The van der Waals surface area contributed by atoms with Gasteiger partial charge in [-0.3, -0.25) is 0 Å². The van der Waals surface area contributed by atoms with Crippen LogP contribution in [0, 0.1) is 16.7 Å². The summed E-state index contributed by atoms with van der Waals surface area (Å²) in [6.07, 6.45) is 15.5. The summed E-state index contributed by atoms with van der Waals surface area (Å²) in [5, 5.41) is 10.1. The largest absolute Gasteiger partial charge is 0.463 e. The molecule has 1 aliphatic carbocycles. The smallest absolute Gasteiger partial charge is 0.330 e. The highest BCUT2D eigenvalue weighted by atomic mass is 16.5. The number of benzene rings is 2. The van der Waals surface area contributed by atoms with Crippen LogP contribution in [0.15, 0.2) is 61.2 Å². The van der Waals surface area contributed by atoms with Crippen LogP contribution in [0.3, 0.4) is 0 Å². The number of nitriles is 1. The average Bonchev–Trinajstić information content (AvgIpc) is 2.93. The van der Waals surface area contributed by atoms with Gasteiger partial charge in [-0.25, -0.2) is 4.79 Å². The fourth-order valence-corrected chi connectivity index (χ4v) is 5.64. The van der Waals surface area contributed by atoms with Gasteiger partial charge >= 0.3 is 5.97 Å². The van der Waals surface area contributed by atoms with Crippen molar-refractivity contribution < 1.29 is 9.53 Å². The zero-order chi connectivity index (χ0) is 25.6. The van der Waals surface area contributed by atoms with E-state index in [9.17, 15) is 10.1 Å². The van der Waals surface area contributed by atoms with Crippen LogP contribution in [0.1, 0.15) is 101 Å². The Labute approximate surface area is 218 Å². The maximum absolute atomic E-state index is 11.0. The lowest BCUT2D eigenvalue weighted by atomic mass is 9.66. The van der Waals surface area contributed by atoms with E-state index in [4.69, 9.17) is 4.74 Å². The zero-order valence-corrected chi connectivity index (χ0v) is 22.1. The topological polar surface area (TPSA) is 50.1 Å². The number of ether oxygens (including phenoxy) is 1. The maximum Gasteiger partial charge on any atom is 0.330 e. The molecule has 0 aliphatic heterocycles. The fraction of sp³-hybridized carbons (Fsp3) is 0.515. The van der Waals surface area contributed by atoms with E-state index in [2.05, 4.69) is 68.1 Å². The van der Waals surface area contributed by atoms with Crippen LogP contribution in [0.2, 0.25) is 0 Å². The molecule has 3 rings (SSSR count). The first-order valence-corrected chi connectivity index (χ1v) is 14.0. The van der Waals surface area contributed by atoms with E-state index in [1.54, 1.807) is 0 Å². The molecule has 1 saturated carbocycles. The summed E-state index contributed by atoms with van der Waals surface area (Å²) in [5.74, 6) is 0.147. The number of carbonyl (C=O) groups excluding carboxylic acids is 1. The molecule has 2 aromatic rings. The predicted molar refractivity (Wildman–Crippen MR) is 149 cm³/mol. The van der Waals surface area contributed by atoms with Gasteiger partial charge in [0.1, 0.15) is 0 Å². The van der Waals surface area contributed by atoms with Gasteiger partial charge in [-0.1, -0.05) is 107 Å². The van der Waals surface area contributed by atoms with E-state index >= 15 is 0 Å². The average molecular weight is 486 g/mol. The lowest BCUT2D eigenvalue weighted by Crippen LogP contribution is -2.26. The van der Waals surface area contributed by atoms with E-state index in [1.807, 2.05) is 0 Å². The Hall–Kier alpha value is -2.86. The van der Waals surface area contributed by atoms with E-state index in [0.717, 1.165) is 57.8 Å². The summed E-state index contributed by atoms with van der Waals surface area (Å²) in [5.41, 5.74) is 5.16. The van der Waals surface area contributed by atoms with Gasteiger partial charge in [0.05, 0.1) is 18.1 Å². The number of unbranched alkanes of at least 4 members (excludes halogenated alkanes) is 5. The fourth-order valence-electron chi connectivity index (χ4n) is 5.64. The lowest BCUT2D eigenvalue weighted by molar-refractivity contribution is -0.137. The molecule has 2 atom stereocenters. The Morgan fingerprint density at radius 1 is 1.03 bits per heavy atom. The quantitative estimate of drug-likeness (QED) is 0.152. The second kappa shape index (κ2) is 14.6. The minimum atomic E-state index is -0.337. The lowest BCUT2D eigenvalue weighted by Gasteiger charge is -2.36. The van der Waals surface area contributed by atoms with Crippen LogP contribution in [-0.2, 0) is 16.0 Å². The number of esters is 1. The van der Waals surface area contributed by atoms with Crippen LogP contribution in [0.5, 0.6) is 0 Å². The normalized spacial score (nSPS) is 19.4. The molecule has 2 aromatic carbocycles. The van der Waals surface area contributed by atoms with Crippen LogP contribution in [-0.4, -0.2) is 12.6 Å². The second-order valence-electron chi connectivity index (χ2n) is 10.5. The van der Waals surface area contributed by atoms with Crippen molar-refractivity contribution in [1.82, 2.24) is 0 Å². The van der Waals surface area contributed by atoms with Crippen molar-refractivity contribution in [3.63, 3.8) is 0 Å². The van der Waals surface area contributed by atoms with Gasteiger partial charge in [0.2, 0.25) is 0 Å². The number of aryl methyl sites for hydroxylation is 1. The highest BCUT2D eigenvalue weighted by Gasteiger charge is 2.36. The third kappa shape index (κ3) is 8.37. The molecule has 0 heterocycles. The monoisotopic (exact) mass is 485 g/mol. The van der Waals surface area contributed by atoms with Crippen molar-refractivity contribution in [3.05, 3.63) is 72.3 Å². The van der Waals surface area contributed by atoms with Crippen LogP contribution in [0.25, 0.3) is 11.1 Å². The molecular formula is C33H43NO2. The van der Waals surface area contributed by atoms with Gasteiger partial charge in [-0.2, -0.15) is 5.26 Å². The van der Waals surface area contributed by atoms with Gasteiger partial charge in [-0.15, -0.1) is 0 Å². The molecule has 36 heavy (non-hydrogen) atoms. The molecule has 0 aromatic heterocycles. The Morgan fingerprint density at radius 2 is 1.67 bits per heavy atom. The van der Waals surface area contributed by atoms with Gasteiger partial charge in [-0.05, 0) is 66.7 Å². The molecule has 0 saturated heterocycles. The number of hydrogen-bond acceptors (Lipinski definition) is 3. The first kappa shape index (κ1) is 27.7. The van der Waals surface area contributed by atoms with Crippen LogP contribution in [0.4, 0.5) is 0 Å². The highest BCUT2D eigenvalue weighted by molar-refractivity contribution is 5.81. The van der Waals surface area contributed by atoms with Crippen molar-refractivity contribution in [3.8, 4) is 17.2 Å². The zero-order valence-electron chi connectivity index (χ0n) is 22.1. The Bertz CT molecular complexity index is 986. The molecular weight excluding hydrogens is 442 g/mol. The third-order valence-corrected chi connectivity index (χ3v) is 7.75. The number of hydrogen-bond donors (Lipinski definition) is 0. The molecule has 192 valence electrons. The van der Waals surface area contributed by atoms with Gasteiger partial charge in [0.25, 0.3) is 0 Å². The first-order chi connectivity index (χ1) is 17.6. The van der Waals surface area contributed by atoms with Crippen molar-refractivity contribution in [2.24, 2.45) is 5.41 Å². The molecule has 0 bridgehead atoms. The molecule has 0 N–H and O–H groups in total. The molecule has 1 fully saturated rings. The summed E-state index contributed by atoms with van der Waals surface area (Å²) < 4.78 is 5.02. The van der Waals surface area contributed by atoms with Crippen molar-refractivity contribution in [1.29, 1.82) is 5.26 Å². The summed E-state index contributed by atoms with van der Waals surface area (Å²) in [4.78, 5) is 11.0. The summed E-state index contributed by atoms with van der Waals surface area (Å²) in [6.45, 7) is 6.11. The standard InChI is InChI=1S/C33H43NO2/c1-3-12-27-14-16-28(17-15-27)29-18-20-30(21-19-29)31-13-11-23-33(25-31,26-34)22-9-7-5-6-8-10-24-36-32(35)4-2/h4,14-21,31H,2-3,5-13,22-25H2,1H3. The Morgan fingerprint density at radius 3 is 2.31 bits per heavy atom. The van der Waals surface area contributed by atoms with Gasteiger partial charge in [0.15, 0.2) is 0 Å². The Balaban J connectivity index is 1.44. The first-order valence-electron chi connectivity index (χ1n) is 14.0. The molecule has 0 amide bonds. The number of nitrogens with zero attached hydrogens (tertiary/aromatic N) is 1. The van der Waals surface area contributed by atoms with Crippen molar-refractivity contribution >= 4 is 5.97 Å². The molecule has 0 radical (unpaired) electrons. The van der Waals surface area contributed by atoms with Gasteiger partial charge < -0.3 is 4.74 Å². The molecule has 1 aliphatic rings. The van der Waals surface area contributed by atoms with Gasteiger partial charge in [0, 0.05) is 6.08 Å². The van der Waals surface area contributed by atoms with E-state index in [0.29, 0.717) is 12.5 Å². The summed E-state index contributed by atoms with van der Waals surface area (Å²) in [6, 6.07) is 20.8. The molecule has 2 unspecified atom stereocenters. The minimum Gasteiger partial charge on any atom is -0.463 e. The maximum atomic E-state index is 11.0. The Kier molecular flexibility index (Phi) is 11.3. The molecule has 3 heteroatoms. The van der Waals surface area contributed by atoms with Crippen LogP contribution < -0.4 is 0 Å². The van der Waals surface area contributed by atoms with E-state index in [1.165, 1.54) is 54.0 Å². The van der Waals surface area contributed by atoms with Crippen LogP contribution >= 0.6 is 0 Å². The predicted octanol–water partition coefficient (Wildman–Crippen LogP) is 8.93. The third-order valence-electron chi connectivity index (χ3n) is 7.75. The van der Waals surface area contributed by atoms with E-state index in [-0.39, 0.29) is 11.4 Å². The minimum absolute atomic E-state index is 0.171. The summed E-state index contributed by atoms with van der Waals surface area (Å²) >= 11 is 0. The van der Waals surface area contributed by atoms with Crippen molar-refractivity contribution in [2.45, 2.75) is 96.3 Å². The second-order valence-corrected chi connectivity index (χ2v) is 10.5. The highest BCUT2D eigenvalue weighted by Crippen LogP contribution is 2.46. The number of rotatable bonds is 14. The summed E-state index contributed by atoms with van der Waals surface area (Å²) in [7, 11) is 0. The number of carbonyl (C=O) groups is 1. The SMILES string of the molecule is C=CC(=O)OCCCCCCCCC1(C#N)CCCC(c2ccc(-c3ccc(CCC)cc3)cc2)C1. The van der Waals surface area contributed by atoms with Crippen molar-refractivity contribution in [2.75, 3.05) is 6.61 Å².